The van der Waals surface area contributed by atoms with Gasteiger partial charge in [-0.25, -0.2) is 0 Å². The molecular weight excluding hydrogens is 220 g/mol. The van der Waals surface area contributed by atoms with E-state index in [9.17, 15) is 9.59 Å². The Balaban J connectivity index is 3.00. The van der Waals surface area contributed by atoms with Crippen LogP contribution in [0.15, 0.2) is 18.3 Å². The number of carbonyl (C=O) groups excluding carboxylic acids is 1. The van der Waals surface area contributed by atoms with Crippen molar-refractivity contribution in [2.45, 2.75) is 26.8 Å². The molecule has 0 bridgehead atoms. The van der Waals surface area contributed by atoms with E-state index < -0.39 is 5.97 Å². The summed E-state index contributed by atoms with van der Waals surface area (Å²) in [6, 6.07) is 3.34. The second-order valence-corrected chi connectivity index (χ2v) is 4.09. The molecule has 1 heterocycles. The lowest BCUT2D eigenvalue weighted by Gasteiger charge is -2.24. The normalized spacial score (nSPS) is 10.4. The van der Waals surface area contributed by atoms with Gasteiger partial charge in [-0.3, -0.25) is 14.6 Å². The molecule has 0 aliphatic carbocycles. The van der Waals surface area contributed by atoms with Gasteiger partial charge in [0, 0.05) is 12.2 Å². The highest BCUT2D eigenvalue weighted by Crippen LogP contribution is 2.10. The second kappa shape index (κ2) is 5.43. The van der Waals surface area contributed by atoms with Crippen LogP contribution in [0.25, 0.3) is 0 Å². The average molecular weight is 236 g/mol. The van der Waals surface area contributed by atoms with Crippen molar-refractivity contribution in [2.24, 2.45) is 0 Å². The number of nitrogens with zero attached hydrogens (tertiary/aromatic N) is 2. The van der Waals surface area contributed by atoms with Crippen LogP contribution < -0.4 is 0 Å². The summed E-state index contributed by atoms with van der Waals surface area (Å²) in [5.74, 6) is -1.37. The van der Waals surface area contributed by atoms with Gasteiger partial charge in [0.05, 0.1) is 0 Å². The van der Waals surface area contributed by atoms with Crippen LogP contribution in [0.1, 0.15) is 29.9 Å². The lowest BCUT2D eigenvalue weighted by molar-refractivity contribution is -0.138. The van der Waals surface area contributed by atoms with Crippen LogP contribution in [-0.4, -0.2) is 39.5 Å². The topological polar surface area (TPSA) is 70.5 Å². The van der Waals surface area contributed by atoms with Gasteiger partial charge in [0.2, 0.25) is 0 Å². The number of hydrogen-bond donors (Lipinski definition) is 1. The van der Waals surface area contributed by atoms with Crippen LogP contribution in [0.2, 0.25) is 0 Å². The minimum Gasteiger partial charge on any atom is -0.480 e. The van der Waals surface area contributed by atoms with Gasteiger partial charge in [0.15, 0.2) is 0 Å². The zero-order chi connectivity index (χ0) is 13.0. The molecule has 1 rings (SSSR count). The average Bonchev–Trinajstić information content (AvgIpc) is 2.25. The molecule has 1 aromatic heterocycles. The summed E-state index contributed by atoms with van der Waals surface area (Å²) in [5, 5.41) is 8.78. The first-order chi connectivity index (χ1) is 7.93. The molecule has 0 saturated heterocycles. The molecule has 5 nitrogen and oxygen atoms in total. The number of carboxylic acid groups (broad SMARTS) is 1. The van der Waals surface area contributed by atoms with Crippen LogP contribution in [0.3, 0.4) is 0 Å². The third-order valence-corrected chi connectivity index (χ3v) is 2.40. The van der Waals surface area contributed by atoms with E-state index in [4.69, 9.17) is 5.11 Å². The highest BCUT2D eigenvalue weighted by Gasteiger charge is 2.23. The van der Waals surface area contributed by atoms with Crippen molar-refractivity contribution in [3.05, 3.63) is 29.6 Å². The summed E-state index contributed by atoms with van der Waals surface area (Å²) < 4.78 is 0. The molecular formula is C12H16N2O3. The van der Waals surface area contributed by atoms with Gasteiger partial charge in [0.25, 0.3) is 5.91 Å². The molecule has 0 saturated carbocycles. The van der Waals surface area contributed by atoms with Crippen LogP contribution in [-0.2, 0) is 4.79 Å². The number of aromatic nitrogens is 1. The smallest absolute Gasteiger partial charge is 0.323 e. The zero-order valence-corrected chi connectivity index (χ0v) is 10.2. The number of aryl methyl sites for hydroxylation is 1. The molecule has 17 heavy (non-hydrogen) atoms. The summed E-state index contributed by atoms with van der Waals surface area (Å²) in [6.07, 6.45) is 1.53. The molecule has 0 aliphatic rings. The first-order valence-corrected chi connectivity index (χ1v) is 5.38. The van der Waals surface area contributed by atoms with Crippen molar-refractivity contribution in [1.29, 1.82) is 0 Å². The SMILES string of the molecule is Cc1cccnc1C(=O)N(CC(=O)O)C(C)C. The van der Waals surface area contributed by atoms with E-state index in [0.29, 0.717) is 5.69 Å². The Morgan fingerprint density at radius 1 is 1.47 bits per heavy atom. The molecule has 0 spiro atoms. The Morgan fingerprint density at radius 3 is 2.59 bits per heavy atom. The molecule has 0 unspecified atom stereocenters. The van der Waals surface area contributed by atoms with Crippen molar-refractivity contribution >= 4 is 11.9 Å². The predicted octanol–water partition coefficient (Wildman–Crippen LogP) is 1.33. The van der Waals surface area contributed by atoms with Crippen molar-refractivity contribution in [3.63, 3.8) is 0 Å². The fourth-order valence-corrected chi connectivity index (χ4v) is 1.48. The van der Waals surface area contributed by atoms with Gasteiger partial charge in [0.1, 0.15) is 12.2 Å². The monoisotopic (exact) mass is 236 g/mol. The highest BCUT2D eigenvalue weighted by atomic mass is 16.4. The van der Waals surface area contributed by atoms with Crippen LogP contribution in [0, 0.1) is 6.92 Å². The Labute approximate surface area is 100 Å². The van der Waals surface area contributed by atoms with E-state index in [2.05, 4.69) is 4.98 Å². The number of hydrogen-bond acceptors (Lipinski definition) is 3. The standard InChI is InChI=1S/C12H16N2O3/c1-8(2)14(7-10(15)16)12(17)11-9(3)5-4-6-13-11/h4-6,8H,7H2,1-3H3,(H,15,16). The number of pyridine rings is 1. The maximum absolute atomic E-state index is 12.1. The number of aliphatic carboxylic acids is 1. The van der Waals surface area contributed by atoms with E-state index in [1.165, 1.54) is 11.1 Å². The zero-order valence-electron chi connectivity index (χ0n) is 10.2. The minimum absolute atomic E-state index is 0.181. The molecule has 0 aromatic carbocycles. The predicted molar refractivity (Wildman–Crippen MR) is 62.8 cm³/mol. The summed E-state index contributed by atoms with van der Waals surface area (Å²) in [6.45, 7) is 5.02. The third kappa shape index (κ3) is 3.27. The highest BCUT2D eigenvalue weighted by molar-refractivity contribution is 5.95. The molecule has 92 valence electrons. The first-order valence-electron chi connectivity index (χ1n) is 5.38. The Bertz CT molecular complexity index is 430. The summed E-state index contributed by atoms with van der Waals surface area (Å²) in [7, 11) is 0. The van der Waals surface area contributed by atoms with Gasteiger partial charge in [-0.1, -0.05) is 6.07 Å². The maximum Gasteiger partial charge on any atom is 0.323 e. The molecule has 0 fully saturated rings. The van der Waals surface area contributed by atoms with E-state index in [1.807, 2.05) is 0 Å². The first kappa shape index (κ1) is 13.2. The van der Waals surface area contributed by atoms with Crippen molar-refractivity contribution in [1.82, 2.24) is 9.88 Å². The van der Waals surface area contributed by atoms with Gasteiger partial charge in [-0.2, -0.15) is 0 Å². The Kier molecular flexibility index (Phi) is 4.20. The van der Waals surface area contributed by atoms with Crippen LogP contribution >= 0.6 is 0 Å². The Morgan fingerprint density at radius 2 is 2.12 bits per heavy atom. The second-order valence-electron chi connectivity index (χ2n) is 4.09. The molecule has 0 aliphatic heterocycles. The molecule has 5 heteroatoms. The van der Waals surface area contributed by atoms with E-state index in [-0.39, 0.29) is 18.5 Å². The van der Waals surface area contributed by atoms with Gasteiger partial charge < -0.3 is 10.0 Å². The summed E-state index contributed by atoms with van der Waals surface area (Å²) >= 11 is 0. The lowest BCUT2D eigenvalue weighted by Crippen LogP contribution is -2.41. The largest absolute Gasteiger partial charge is 0.480 e. The Hall–Kier alpha value is -1.91. The number of carboxylic acids is 1. The lowest BCUT2D eigenvalue weighted by atomic mass is 10.2. The molecule has 1 N–H and O–H groups in total. The van der Waals surface area contributed by atoms with Gasteiger partial charge in [-0.15, -0.1) is 0 Å². The van der Waals surface area contributed by atoms with E-state index in [1.54, 1.807) is 32.9 Å². The van der Waals surface area contributed by atoms with Gasteiger partial charge >= 0.3 is 5.97 Å². The summed E-state index contributed by atoms with van der Waals surface area (Å²) in [5.41, 5.74) is 1.05. The molecule has 0 atom stereocenters. The van der Waals surface area contributed by atoms with E-state index >= 15 is 0 Å². The number of amides is 1. The molecule has 1 amide bonds. The number of carbonyl (C=O) groups is 2. The van der Waals surface area contributed by atoms with Crippen LogP contribution in [0.5, 0.6) is 0 Å². The van der Waals surface area contributed by atoms with Crippen LogP contribution in [0.4, 0.5) is 0 Å². The van der Waals surface area contributed by atoms with Crippen molar-refractivity contribution in [2.75, 3.05) is 6.54 Å². The fourth-order valence-electron chi connectivity index (χ4n) is 1.48. The van der Waals surface area contributed by atoms with E-state index in [0.717, 1.165) is 5.56 Å². The quantitative estimate of drug-likeness (QED) is 0.856. The fraction of sp³-hybridized carbons (Fsp3) is 0.417. The molecule has 1 aromatic rings. The van der Waals surface area contributed by atoms with Crippen molar-refractivity contribution in [3.8, 4) is 0 Å². The van der Waals surface area contributed by atoms with Gasteiger partial charge in [-0.05, 0) is 32.4 Å². The molecule has 0 radical (unpaired) electrons. The third-order valence-electron chi connectivity index (χ3n) is 2.40. The van der Waals surface area contributed by atoms with Crippen molar-refractivity contribution < 1.29 is 14.7 Å². The minimum atomic E-state index is -1.03. The maximum atomic E-state index is 12.1. The summed E-state index contributed by atoms with van der Waals surface area (Å²) in [4.78, 5) is 28.2. The number of rotatable bonds is 4.